The van der Waals surface area contributed by atoms with Gasteiger partial charge in [-0.25, -0.2) is 4.79 Å². The van der Waals surface area contributed by atoms with Gasteiger partial charge in [-0.2, -0.15) is 0 Å². The molecule has 0 aromatic heterocycles. The number of aliphatic hydroxyl groups is 9. The standard InChI is InChI=1S/C46H74O17/c1-20-29(50)31(52)34(55)39(59-20)62-36-30(51)24(48)18-58-40(36)63-37-33(54)32(53)35(38(56)57)61-41(37)60-28-12-15-45(6)25-9-8-21-22(43(25,4)14-11-26(45)46(28,7)19-47)10-13-44(5)23(21)16-42(2,3)17-27(44)49/h8,20,22-37,39-41,47-55H,9-19H2,1-7H3,(H,56,57). The van der Waals surface area contributed by atoms with Gasteiger partial charge in [-0.3, -0.25) is 0 Å². The zero-order chi connectivity index (χ0) is 45.9. The van der Waals surface area contributed by atoms with Crippen LogP contribution in [0.25, 0.3) is 0 Å². The minimum Gasteiger partial charge on any atom is -0.479 e. The van der Waals surface area contributed by atoms with Gasteiger partial charge in [-0.1, -0.05) is 53.2 Å². The summed E-state index contributed by atoms with van der Waals surface area (Å²) in [6, 6.07) is 0. The monoisotopic (exact) mass is 898 g/mol. The summed E-state index contributed by atoms with van der Waals surface area (Å²) in [5, 5.41) is 109. The summed E-state index contributed by atoms with van der Waals surface area (Å²) in [5.74, 6) is -0.584. The van der Waals surface area contributed by atoms with Crippen molar-refractivity contribution in [3.63, 3.8) is 0 Å². The Morgan fingerprint density at radius 1 is 0.683 bits per heavy atom. The van der Waals surface area contributed by atoms with E-state index >= 15 is 0 Å². The Kier molecular flexibility index (Phi) is 13.0. The van der Waals surface area contributed by atoms with Gasteiger partial charge in [0.2, 0.25) is 0 Å². The number of rotatable bonds is 8. The first-order valence-electron chi connectivity index (χ1n) is 23.3. The van der Waals surface area contributed by atoms with Crippen LogP contribution in [-0.2, 0) is 33.2 Å². The van der Waals surface area contributed by atoms with Crippen LogP contribution < -0.4 is 0 Å². The van der Waals surface area contributed by atoms with Gasteiger partial charge >= 0.3 is 5.97 Å². The van der Waals surface area contributed by atoms with E-state index in [9.17, 15) is 55.9 Å². The van der Waals surface area contributed by atoms with Crippen LogP contribution in [0.5, 0.6) is 0 Å². The Morgan fingerprint density at radius 2 is 1.33 bits per heavy atom. The zero-order valence-corrected chi connectivity index (χ0v) is 37.7. The Morgan fingerprint density at radius 3 is 2.02 bits per heavy atom. The Hall–Kier alpha value is -1.39. The first-order chi connectivity index (χ1) is 29.4. The fraction of sp³-hybridized carbons (Fsp3) is 0.935. The number of fused-ring (bicyclic) bond motifs is 7. The number of carboxylic acid groups (broad SMARTS) is 1. The lowest BCUT2D eigenvalue weighted by molar-refractivity contribution is -0.387. The lowest BCUT2D eigenvalue weighted by Crippen LogP contribution is -2.67. The predicted molar refractivity (Wildman–Crippen MR) is 220 cm³/mol. The number of aliphatic carboxylic acids is 1. The molecule has 0 bridgehead atoms. The number of hydrogen-bond acceptors (Lipinski definition) is 16. The van der Waals surface area contributed by atoms with E-state index in [1.165, 1.54) is 12.5 Å². The van der Waals surface area contributed by atoms with E-state index in [0.717, 1.165) is 51.4 Å². The molecule has 8 aliphatic rings. The molecule has 0 aromatic carbocycles. The molecule has 360 valence electrons. The number of aliphatic hydroxyl groups excluding tert-OH is 9. The van der Waals surface area contributed by atoms with E-state index in [-0.39, 0.29) is 40.3 Å². The number of carbonyl (C=O) groups is 1. The maximum absolute atomic E-state index is 12.4. The van der Waals surface area contributed by atoms with Crippen molar-refractivity contribution < 1.29 is 84.3 Å². The number of ether oxygens (including phenoxy) is 6. The molecule has 10 N–H and O–H groups in total. The average Bonchev–Trinajstić information content (AvgIpc) is 3.22. The highest BCUT2D eigenvalue weighted by molar-refractivity contribution is 5.73. The molecule has 3 saturated heterocycles. The van der Waals surface area contributed by atoms with Gasteiger partial charge in [-0.15, -0.1) is 0 Å². The molecule has 5 aliphatic carbocycles. The minimum absolute atomic E-state index is 0.000961. The molecular formula is C46H74O17. The number of hydrogen-bond donors (Lipinski definition) is 10. The number of carboxylic acids is 1. The minimum atomic E-state index is -2.01. The predicted octanol–water partition coefficient (Wildman–Crippen LogP) is 0.954. The van der Waals surface area contributed by atoms with E-state index in [4.69, 9.17) is 28.4 Å². The van der Waals surface area contributed by atoms with Crippen LogP contribution in [0, 0.1) is 50.7 Å². The average molecular weight is 899 g/mol. The summed E-state index contributed by atoms with van der Waals surface area (Å²) in [4.78, 5) is 12.4. The van der Waals surface area contributed by atoms with E-state index in [0.29, 0.717) is 24.2 Å². The van der Waals surface area contributed by atoms with Crippen LogP contribution in [0.15, 0.2) is 11.6 Å². The second kappa shape index (κ2) is 17.0. The molecular weight excluding hydrogens is 824 g/mol. The Labute approximate surface area is 369 Å². The van der Waals surface area contributed by atoms with Crippen molar-refractivity contribution in [2.45, 2.75) is 204 Å². The molecule has 0 amide bonds. The van der Waals surface area contributed by atoms with Gasteiger partial charge in [0.1, 0.15) is 54.9 Å². The van der Waals surface area contributed by atoms with Gasteiger partial charge in [0.15, 0.2) is 25.0 Å². The number of allylic oxidation sites excluding steroid dienone is 2. The molecule has 0 spiro atoms. The fourth-order valence-corrected chi connectivity index (χ4v) is 14.5. The SMILES string of the molecule is CC1OC(OC2C(OC3C(OC4CCC5(C)C(CCC6(C)C7CCC8(C)C(O)CC(C)(C)CC8C7=CCC65)C4(C)CO)OC(C(=O)O)C(O)C3O)OCC(O)C2O)C(O)C(O)C1O. The molecule has 0 radical (unpaired) electrons. The lowest BCUT2D eigenvalue weighted by atomic mass is 9.37. The third-order valence-corrected chi connectivity index (χ3v) is 18.3. The van der Waals surface area contributed by atoms with Crippen LogP contribution in [0.2, 0.25) is 0 Å². The highest BCUT2D eigenvalue weighted by Gasteiger charge is 2.67. The van der Waals surface area contributed by atoms with Crippen LogP contribution in [0.4, 0.5) is 0 Å². The van der Waals surface area contributed by atoms with E-state index in [2.05, 4.69) is 40.7 Å². The third-order valence-electron chi connectivity index (χ3n) is 18.3. The molecule has 8 rings (SSSR count). The van der Waals surface area contributed by atoms with Crippen LogP contribution >= 0.6 is 0 Å². The lowest BCUT2D eigenvalue weighted by Gasteiger charge is -2.69. The largest absolute Gasteiger partial charge is 0.479 e. The highest BCUT2D eigenvalue weighted by atomic mass is 16.8. The normalized spacial score (nSPS) is 55.7. The summed E-state index contributed by atoms with van der Waals surface area (Å²) in [6.07, 6.45) is -14.3. The van der Waals surface area contributed by atoms with Gasteiger partial charge < -0.3 is 79.5 Å². The molecule has 24 atom stereocenters. The summed E-state index contributed by atoms with van der Waals surface area (Å²) in [5.41, 5.74) is 0.335. The Balaban J connectivity index is 1.05. The van der Waals surface area contributed by atoms with Crippen molar-refractivity contribution in [2.75, 3.05) is 13.2 Å². The van der Waals surface area contributed by atoms with Crippen molar-refractivity contribution in [1.29, 1.82) is 0 Å². The first-order valence-corrected chi connectivity index (χ1v) is 23.3. The molecule has 3 heterocycles. The van der Waals surface area contributed by atoms with Crippen molar-refractivity contribution in [2.24, 2.45) is 50.7 Å². The van der Waals surface area contributed by atoms with Crippen molar-refractivity contribution in [1.82, 2.24) is 0 Å². The van der Waals surface area contributed by atoms with Gasteiger partial charge in [0, 0.05) is 10.8 Å². The van der Waals surface area contributed by atoms with Crippen molar-refractivity contribution in [3.8, 4) is 0 Å². The zero-order valence-electron chi connectivity index (χ0n) is 37.7. The molecule has 24 unspecified atom stereocenters. The van der Waals surface area contributed by atoms with Crippen LogP contribution in [0.3, 0.4) is 0 Å². The first kappa shape index (κ1) is 48.1. The van der Waals surface area contributed by atoms with E-state index in [1.54, 1.807) is 0 Å². The molecule has 3 aliphatic heterocycles. The second-order valence-electron chi connectivity index (χ2n) is 22.5. The molecule has 0 aromatic rings. The van der Waals surface area contributed by atoms with E-state index in [1.807, 2.05) is 6.92 Å². The van der Waals surface area contributed by atoms with Gasteiger partial charge in [-0.05, 0) is 105 Å². The molecule has 7 fully saturated rings. The highest BCUT2D eigenvalue weighted by Crippen LogP contribution is 2.72. The third kappa shape index (κ3) is 7.78. The van der Waals surface area contributed by atoms with Crippen LogP contribution in [0.1, 0.15) is 106 Å². The Bertz CT molecular complexity index is 1710. The van der Waals surface area contributed by atoms with Gasteiger partial charge in [0.05, 0.1) is 31.5 Å². The fourth-order valence-electron chi connectivity index (χ4n) is 14.5. The van der Waals surface area contributed by atoms with E-state index < -0.39 is 110 Å². The maximum Gasteiger partial charge on any atom is 0.335 e. The molecule has 17 heteroatoms. The molecule has 4 saturated carbocycles. The van der Waals surface area contributed by atoms with Crippen molar-refractivity contribution >= 4 is 5.97 Å². The van der Waals surface area contributed by atoms with Gasteiger partial charge in [0.25, 0.3) is 0 Å². The van der Waals surface area contributed by atoms with Crippen molar-refractivity contribution in [3.05, 3.63) is 11.6 Å². The summed E-state index contributed by atoms with van der Waals surface area (Å²) < 4.78 is 36.0. The smallest absolute Gasteiger partial charge is 0.335 e. The quantitative estimate of drug-likeness (QED) is 0.120. The topological polar surface area (TPSA) is 275 Å². The molecule has 63 heavy (non-hydrogen) atoms. The summed E-state index contributed by atoms with van der Waals surface area (Å²) in [7, 11) is 0. The molecule has 17 nitrogen and oxygen atoms in total. The van der Waals surface area contributed by atoms with Crippen LogP contribution in [-0.4, -0.2) is 168 Å². The maximum atomic E-state index is 12.4. The summed E-state index contributed by atoms with van der Waals surface area (Å²) >= 11 is 0. The summed E-state index contributed by atoms with van der Waals surface area (Å²) in [6.45, 7) is 14.3. The second-order valence-corrected chi connectivity index (χ2v) is 22.5.